The molecule has 1 aliphatic rings. The summed E-state index contributed by atoms with van der Waals surface area (Å²) in [6.07, 6.45) is 2.09. The Morgan fingerprint density at radius 3 is 2.40 bits per heavy atom. The Morgan fingerprint density at radius 1 is 1.33 bits per heavy atom. The average Bonchev–Trinajstić information content (AvgIpc) is 2.98. The molecule has 0 aliphatic heterocycles. The van der Waals surface area contributed by atoms with Gasteiger partial charge in [-0.1, -0.05) is 18.2 Å². The number of hydrogen-bond donors (Lipinski definition) is 1. The number of nitrogens with zero attached hydrogens (tertiary/aromatic N) is 1. The topological polar surface area (TPSA) is 40.5 Å². The molecule has 0 amide bonds. The van der Waals surface area contributed by atoms with Crippen LogP contribution >= 0.6 is 0 Å². The fraction of sp³-hybridized carbons (Fsp3) is 0.417. The van der Waals surface area contributed by atoms with Crippen LogP contribution in [0.25, 0.3) is 0 Å². The Balaban J connectivity index is 2.49. The molecule has 0 bridgehead atoms. The van der Waals surface area contributed by atoms with E-state index in [0.717, 1.165) is 18.4 Å². The average molecular weight is 205 g/mol. The third-order valence-electron chi connectivity index (χ3n) is 3.24. The van der Waals surface area contributed by atoms with Gasteiger partial charge in [0.05, 0.1) is 5.56 Å². The van der Waals surface area contributed by atoms with Crippen molar-refractivity contribution in [2.75, 3.05) is 14.1 Å². The Labute approximate surface area is 89.3 Å². The van der Waals surface area contributed by atoms with Crippen molar-refractivity contribution in [1.82, 2.24) is 4.90 Å². The molecule has 15 heavy (non-hydrogen) atoms. The smallest absolute Gasteiger partial charge is 0.336 e. The summed E-state index contributed by atoms with van der Waals surface area (Å²) in [6, 6.07) is 7.29. The summed E-state index contributed by atoms with van der Waals surface area (Å²) in [4.78, 5) is 13.2. The summed E-state index contributed by atoms with van der Waals surface area (Å²) in [6.45, 7) is 0. The van der Waals surface area contributed by atoms with E-state index in [4.69, 9.17) is 5.11 Å². The molecule has 80 valence electrons. The molecule has 3 nitrogen and oxygen atoms in total. The molecule has 0 heterocycles. The number of aromatic carboxylic acids is 1. The monoisotopic (exact) mass is 205 g/mol. The van der Waals surface area contributed by atoms with Crippen molar-refractivity contribution >= 4 is 5.97 Å². The summed E-state index contributed by atoms with van der Waals surface area (Å²) >= 11 is 0. The fourth-order valence-corrected chi connectivity index (χ4v) is 2.15. The lowest BCUT2D eigenvalue weighted by molar-refractivity contribution is 0.0692. The van der Waals surface area contributed by atoms with Crippen LogP contribution in [0.15, 0.2) is 24.3 Å². The normalized spacial score (nSPS) is 17.8. The molecule has 1 aromatic carbocycles. The van der Waals surface area contributed by atoms with Crippen LogP contribution in [0.2, 0.25) is 0 Å². The summed E-state index contributed by atoms with van der Waals surface area (Å²) in [7, 11) is 4.01. The van der Waals surface area contributed by atoms with Gasteiger partial charge in [-0.2, -0.15) is 0 Å². The summed E-state index contributed by atoms with van der Waals surface area (Å²) < 4.78 is 0. The van der Waals surface area contributed by atoms with Gasteiger partial charge in [0.2, 0.25) is 0 Å². The van der Waals surface area contributed by atoms with Gasteiger partial charge in [0, 0.05) is 5.54 Å². The van der Waals surface area contributed by atoms with Gasteiger partial charge in [-0.25, -0.2) is 4.79 Å². The first-order valence-corrected chi connectivity index (χ1v) is 5.08. The molecule has 0 unspecified atom stereocenters. The number of rotatable bonds is 3. The molecule has 1 fully saturated rings. The Hall–Kier alpha value is -1.35. The van der Waals surface area contributed by atoms with E-state index in [1.54, 1.807) is 12.1 Å². The molecule has 1 aliphatic carbocycles. The highest BCUT2D eigenvalue weighted by atomic mass is 16.4. The largest absolute Gasteiger partial charge is 0.478 e. The SMILES string of the molecule is CN(C)C1(c2ccccc2C(=O)O)CC1. The molecular formula is C12H15NO2. The maximum Gasteiger partial charge on any atom is 0.336 e. The van der Waals surface area contributed by atoms with Crippen molar-refractivity contribution in [2.45, 2.75) is 18.4 Å². The van der Waals surface area contributed by atoms with E-state index in [-0.39, 0.29) is 5.54 Å². The lowest BCUT2D eigenvalue weighted by Gasteiger charge is -2.25. The Kier molecular flexibility index (Phi) is 2.27. The number of carboxylic acid groups (broad SMARTS) is 1. The van der Waals surface area contributed by atoms with Crippen LogP contribution in [0.3, 0.4) is 0 Å². The van der Waals surface area contributed by atoms with Crippen molar-refractivity contribution in [2.24, 2.45) is 0 Å². The molecule has 1 aromatic rings. The molecule has 0 radical (unpaired) electrons. The van der Waals surface area contributed by atoms with Crippen molar-refractivity contribution in [3.63, 3.8) is 0 Å². The van der Waals surface area contributed by atoms with Crippen molar-refractivity contribution < 1.29 is 9.90 Å². The second-order valence-electron chi connectivity index (χ2n) is 4.28. The third kappa shape index (κ3) is 1.53. The van der Waals surface area contributed by atoms with Crippen molar-refractivity contribution in [3.05, 3.63) is 35.4 Å². The highest BCUT2D eigenvalue weighted by molar-refractivity contribution is 5.90. The van der Waals surface area contributed by atoms with Gasteiger partial charge in [0.15, 0.2) is 0 Å². The van der Waals surface area contributed by atoms with E-state index in [1.807, 2.05) is 26.2 Å². The highest BCUT2D eigenvalue weighted by Crippen LogP contribution is 2.50. The van der Waals surface area contributed by atoms with Crippen LogP contribution in [-0.4, -0.2) is 30.1 Å². The molecule has 0 spiro atoms. The van der Waals surface area contributed by atoms with Gasteiger partial charge in [0.1, 0.15) is 0 Å². The van der Waals surface area contributed by atoms with Gasteiger partial charge in [0.25, 0.3) is 0 Å². The zero-order valence-electron chi connectivity index (χ0n) is 9.03. The summed E-state index contributed by atoms with van der Waals surface area (Å²) in [5.41, 5.74) is 1.35. The number of carbonyl (C=O) groups is 1. The maximum absolute atomic E-state index is 11.1. The molecule has 0 aromatic heterocycles. The fourth-order valence-electron chi connectivity index (χ4n) is 2.15. The lowest BCUT2D eigenvalue weighted by Crippen LogP contribution is -2.29. The van der Waals surface area contributed by atoms with Crippen LogP contribution in [0.1, 0.15) is 28.8 Å². The van der Waals surface area contributed by atoms with Gasteiger partial charge < -0.3 is 5.11 Å². The number of carboxylic acids is 1. The Bertz CT molecular complexity index is 394. The first-order valence-electron chi connectivity index (χ1n) is 5.08. The van der Waals surface area contributed by atoms with E-state index in [0.29, 0.717) is 5.56 Å². The van der Waals surface area contributed by atoms with E-state index in [1.165, 1.54) is 0 Å². The van der Waals surface area contributed by atoms with Crippen molar-refractivity contribution in [3.8, 4) is 0 Å². The summed E-state index contributed by atoms with van der Waals surface area (Å²) in [5.74, 6) is -0.835. The zero-order chi connectivity index (χ0) is 11.1. The minimum atomic E-state index is -0.835. The summed E-state index contributed by atoms with van der Waals surface area (Å²) in [5, 5.41) is 9.12. The maximum atomic E-state index is 11.1. The quantitative estimate of drug-likeness (QED) is 0.819. The van der Waals surface area contributed by atoms with Crippen LogP contribution < -0.4 is 0 Å². The second kappa shape index (κ2) is 3.35. The standard InChI is InChI=1S/C12H15NO2/c1-13(2)12(7-8-12)10-6-4-3-5-9(10)11(14)15/h3-6H,7-8H2,1-2H3,(H,14,15). The lowest BCUT2D eigenvalue weighted by atomic mass is 9.97. The third-order valence-corrected chi connectivity index (χ3v) is 3.24. The minimum Gasteiger partial charge on any atom is -0.478 e. The molecule has 0 atom stereocenters. The minimum absolute atomic E-state index is 0.0328. The number of hydrogen-bond acceptors (Lipinski definition) is 2. The Morgan fingerprint density at radius 2 is 1.93 bits per heavy atom. The highest BCUT2D eigenvalue weighted by Gasteiger charge is 2.48. The first kappa shape index (κ1) is 10.2. The zero-order valence-corrected chi connectivity index (χ0v) is 9.03. The predicted octanol–water partition coefficient (Wildman–Crippen LogP) is 1.94. The molecule has 2 rings (SSSR count). The molecule has 1 N–H and O–H groups in total. The van der Waals surface area contributed by atoms with Crippen LogP contribution in [0.4, 0.5) is 0 Å². The van der Waals surface area contributed by atoms with Crippen molar-refractivity contribution in [1.29, 1.82) is 0 Å². The van der Waals surface area contributed by atoms with E-state index in [2.05, 4.69) is 4.90 Å². The first-order chi connectivity index (χ1) is 7.08. The van der Waals surface area contributed by atoms with Gasteiger partial charge in [-0.05, 0) is 38.6 Å². The van der Waals surface area contributed by atoms with Gasteiger partial charge in [-0.3, -0.25) is 4.90 Å². The molecule has 1 saturated carbocycles. The van der Waals surface area contributed by atoms with Crippen LogP contribution in [-0.2, 0) is 5.54 Å². The van der Waals surface area contributed by atoms with Gasteiger partial charge in [-0.15, -0.1) is 0 Å². The van der Waals surface area contributed by atoms with E-state index < -0.39 is 5.97 Å². The predicted molar refractivity (Wildman–Crippen MR) is 58.0 cm³/mol. The molecular weight excluding hydrogens is 190 g/mol. The van der Waals surface area contributed by atoms with Crippen LogP contribution in [0.5, 0.6) is 0 Å². The van der Waals surface area contributed by atoms with E-state index in [9.17, 15) is 4.79 Å². The van der Waals surface area contributed by atoms with Crippen LogP contribution in [0, 0.1) is 0 Å². The van der Waals surface area contributed by atoms with Gasteiger partial charge >= 0.3 is 5.97 Å². The second-order valence-corrected chi connectivity index (χ2v) is 4.28. The molecule has 0 saturated heterocycles. The molecule has 3 heteroatoms. The van der Waals surface area contributed by atoms with E-state index >= 15 is 0 Å². The number of benzene rings is 1.